The van der Waals surface area contributed by atoms with E-state index in [1.165, 1.54) is 22.4 Å². The summed E-state index contributed by atoms with van der Waals surface area (Å²) in [5.41, 5.74) is 12.1. The summed E-state index contributed by atoms with van der Waals surface area (Å²) in [4.78, 5) is 2.41. The molecule has 0 spiro atoms. The van der Waals surface area contributed by atoms with Crippen LogP contribution in [0.5, 0.6) is 0 Å². The Hall–Kier alpha value is -1.96. The van der Waals surface area contributed by atoms with Crippen molar-refractivity contribution in [1.29, 1.82) is 0 Å². The Morgan fingerprint density at radius 1 is 1.00 bits per heavy atom. The summed E-state index contributed by atoms with van der Waals surface area (Å²) < 4.78 is 0. The second kappa shape index (κ2) is 6.47. The highest BCUT2D eigenvalue weighted by Crippen LogP contribution is 2.23. The Morgan fingerprint density at radius 2 is 1.65 bits per heavy atom. The van der Waals surface area contributed by atoms with Crippen molar-refractivity contribution in [3.05, 3.63) is 59.2 Å². The van der Waals surface area contributed by atoms with Gasteiger partial charge in [0.2, 0.25) is 0 Å². The highest BCUT2D eigenvalue weighted by atomic mass is 15.1. The first-order chi connectivity index (χ1) is 9.61. The molecule has 0 heterocycles. The van der Waals surface area contributed by atoms with Crippen molar-refractivity contribution >= 4 is 11.4 Å². The summed E-state index contributed by atoms with van der Waals surface area (Å²) in [6.45, 7) is 8.56. The molecule has 2 nitrogen and oxygen atoms in total. The maximum Gasteiger partial charge on any atom is 0.0434 e. The van der Waals surface area contributed by atoms with Crippen molar-refractivity contribution in [3.8, 4) is 0 Å². The molecule has 0 saturated carbocycles. The van der Waals surface area contributed by atoms with Crippen molar-refractivity contribution in [3.63, 3.8) is 0 Å². The van der Waals surface area contributed by atoms with Crippen molar-refractivity contribution in [2.45, 2.75) is 33.7 Å². The minimum Gasteiger partial charge on any atom is -0.399 e. The monoisotopic (exact) mass is 268 g/mol. The molecule has 0 aliphatic carbocycles. The highest BCUT2D eigenvalue weighted by Gasteiger charge is 2.10. The molecule has 106 valence electrons. The lowest BCUT2D eigenvalue weighted by Crippen LogP contribution is -2.24. The molecule has 0 bridgehead atoms. The van der Waals surface area contributed by atoms with Gasteiger partial charge in [0.1, 0.15) is 0 Å². The smallest absolute Gasteiger partial charge is 0.0434 e. The van der Waals surface area contributed by atoms with E-state index in [4.69, 9.17) is 5.73 Å². The van der Waals surface area contributed by atoms with Crippen molar-refractivity contribution in [2.24, 2.45) is 0 Å². The van der Waals surface area contributed by atoms with Gasteiger partial charge in [-0.1, -0.05) is 31.2 Å². The number of rotatable bonds is 5. The molecule has 2 heteroatoms. The van der Waals surface area contributed by atoms with Crippen LogP contribution in [0.4, 0.5) is 11.4 Å². The Labute approximate surface area is 122 Å². The van der Waals surface area contributed by atoms with Gasteiger partial charge in [0.05, 0.1) is 0 Å². The normalized spacial score (nSPS) is 10.6. The fraction of sp³-hybridized carbons (Fsp3) is 0.333. The molecule has 20 heavy (non-hydrogen) atoms. The van der Waals surface area contributed by atoms with E-state index < -0.39 is 0 Å². The summed E-state index contributed by atoms with van der Waals surface area (Å²) in [6, 6.07) is 14.7. The molecule has 2 N–H and O–H groups in total. The fourth-order valence-electron chi connectivity index (χ4n) is 2.58. The molecule has 0 radical (unpaired) electrons. The molecule has 2 aromatic rings. The molecule has 0 amide bonds. The maximum atomic E-state index is 5.92. The molecule has 0 aliphatic rings. The first-order valence-corrected chi connectivity index (χ1v) is 7.27. The van der Waals surface area contributed by atoms with Gasteiger partial charge in [-0.05, 0) is 55.2 Å². The van der Waals surface area contributed by atoms with E-state index in [9.17, 15) is 0 Å². The van der Waals surface area contributed by atoms with Crippen LogP contribution in [0.25, 0.3) is 0 Å². The van der Waals surface area contributed by atoms with E-state index in [1.807, 2.05) is 12.1 Å². The molecule has 2 rings (SSSR count). The Bertz CT molecular complexity index is 555. The molecule has 2 aromatic carbocycles. The van der Waals surface area contributed by atoms with Crippen LogP contribution in [0.2, 0.25) is 0 Å². The third kappa shape index (κ3) is 3.32. The first kappa shape index (κ1) is 14.4. The molecular weight excluding hydrogens is 244 g/mol. The van der Waals surface area contributed by atoms with E-state index in [1.54, 1.807) is 0 Å². The molecule has 0 aliphatic heterocycles. The van der Waals surface area contributed by atoms with Gasteiger partial charge in [-0.3, -0.25) is 0 Å². The molecule has 0 aromatic heterocycles. The zero-order valence-corrected chi connectivity index (χ0v) is 12.7. The Balaban J connectivity index is 2.30. The Morgan fingerprint density at radius 3 is 2.25 bits per heavy atom. The lowest BCUT2D eigenvalue weighted by molar-refractivity contribution is 0.762. The Kier molecular flexibility index (Phi) is 4.67. The average molecular weight is 268 g/mol. The zero-order valence-electron chi connectivity index (χ0n) is 12.7. The minimum atomic E-state index is 0.824. The van der Waals surface area contributed by atoms with Crippen LogP contribution in [0, 0.1) is 13.8 Å². The lowest BCUT2D eigenvalue weighted by Gasteiger charge is -2.26. The lowest BCUT2D eigenvalue weighted by atomic mass is 10.0. The summed E-state index contributed by atoms with van der Waals surface area (Å²) >= 11 is 0. The number of nitrogens with zero attached hydrogens (tertiary/aromatic N) is 1. The van der Waals surface area contributed by atoms with Crippen LogP contribution < -0.4 is 10.6 Å². The zero-order chi connectivity index (χ0) is 14.5. The number of nitrogens with two attached hydrogens (primary N) is 1. The van der Waals surface area contributed by atoms with Crippen LogP contribution >= 0.6 is 0 Å². The van der Waals surface area contributed by atoms with E-state index >= 15 is 0 Å². The van der Waals surface area contributed by atoms with Crippen LogP contribution in [0.1, 0.15) is 30.0 Å². The van der Waals surface area contributed by atoms with E-state index in [0.717, 1.165) is 25.2 Å². The van der Waals surface area contributed by atoms with Gasteiger partial charge in [0.15, 0.2) is 0 Å². The van der Waals surface area contributed by atoms with Crippen LogP contribution in [0.3, 0.4) is 0 Å². The number of aryl methyl sites for hydroxylation is 2. The first-order valence-electron chi connectivity index (χ1n) is 7.27. The standard InChI is InChI=1S/C18H24N2/c1-4-11-20(17-10-6-9-16(19)12-17)13-18-14(2)7-5-8-15(18)3/h5-10,12H,4,11,13,19H2,1-3H3. The maximum absolute atomic E-state index is 5.92. The van der Waals surface area contributed by atoms with Crippen molar-refractivity contribution < 1.29 is 0 Å². The average Bonchev–Trinajstić information content (AvgIpc) is 2.42. The third-order valence-electron chi connectivity index (χ3n) is 3.72. The number of benzene rings is 2. The van der Waals surface area contributed by atoms with Gasteiger partial charge in [-0.15, -0.1) is 0 Å². The summed E-state index contributed by atoms with van der Waals surface area (Å²) in [5, 5.41) is 0. The van der Waals surface area contributed by atoms with Gasteiger partial charge in [0, 0.05) is 24.5 Å². The van der Waals surface area contributed by atoms with Gasteiger partial charge >= 0.3 is 0 Å². The van der Waals surface area contributed by atoms with Gasteiger partial charge in [0.25, 0.3) is 0 Å². The number of nitrogen functional groups attached to an aromatic ring is 1. The van der Waals surface area contributed by atoms with E-state index in [0.29, 0.717) is 0 Å². The second-order valence-corrected chi connectivity index (χ2v) is 5.39. The quantitative estimate of drug-likeness (QED) is 0.819. The number of anilines is 2. The number of hydrogen-bond donors (Lipinski definition) is 1. The molecular formula is C18H24N2. The van der Waals surface area contributed by atoms with Crippen LogP contribution in [-0.2, 0) is 6.54 Å². The molecule has 0 unspecified atom stereocenters. The predicted octanol–water partition coefficient (Wildman–Crippen LogP) is 4.30. The topological polar surface area (TPSA) is 29.3 Å². The molecule has 0 atom stereocenters. The van der Waals surface area contributed by atoms with Gasteiger partial charge in [-0.25, -0.2) is 0 Å². The van der Waals surface area contributed by atoms with Gasteiger partial charge in [-0.2, -0.15) is 0 Å². The largest absolute Gasteiger partial charge is 0.399 e. The summed E-state index contributed by atoms with van der Waals surface area (Å²) in [7, 11) is 0. The fourth-order valence-corrected chi connectivity index (χ4v) is 2.58. The van der Waals surface area contributed by atoms with E-state index in [-0.39, 0.29) is 0 Å². The third-order valence-corrected chi connectivity index (χ3v) is 3.72. The highest BCUT2D eigenvalue weighted by molar-refractivity contribution is 5.56. The van der Waals surface area contributed by atoms with Crippen LogP contribution in [0.15, 0.2) is 42.5 Å². The molecule has 0 fully saturated rings. The van der Waals surface area contributed by atoms with Gasteiger partial charge < -0.3 is 10.6 Å². The second-order valence-electron chi connectivity index (χ2n) is 5.39. The SMILES string of the molecule is CCCN(Cc1c(C)cccc1C)c1cccc(N)c1. The van der Waals surface area contributed by atoms with Crippen molar-refractivity contribution in [2.75, 3.05) is 17.2 Å². The molecule has 0 saturated heterocycles. The van der Waals surface area contributed by atoms with E-state index in [2.05, 4.69) is 56.0 Å². The number of hydrogen-bond acceptors (Lipinski definition) is 2. The predicted molar refractivity (Wildman–Crippen MR) is 88.1 cm³/mol. The van der Waals surface area contributed by atoms with Crippen molar-refractivity contribution in [1.82, 2.24) is 0 Å². The minimum absolute atomic E-state index is 0.824. The van der Waals surface area contributed by atoms with Crippen LogP contribution in [-0.4, -0.2) is 6.54 Å². The summed E-state index contributed by atoms with van der Waals surface area (Å²) in [6.07, 6.45) is 1.12. The summed E-state index contributed by atoms with van der Waals surface area (Å²) in [5.74, 6) is 0.